The van der Waals surface area contributed by atoms with Crippen LogP contribution in [0.5, 0.6) is 5.75 Å². The van der Waals surface area contributed by atoms with Crippen LogP contribution in [0.3, 0.4) is 0 Å². The Morgan fingerprint density at radius 2 is 1.76 bits per heavy atom. The summed E-state index contributed by atoms with van der Waals surface area (Å²) in [4.78, 5) is 15.0. The van der Waals surface area contributed by atoms with Gasteiger partial charge in [0.2, 0.25) is 5.55 Å². The molecule has 168 valence electrons. The highest BCUT2D eigenvalue weighted by molar-refractivity contribution is 7.89. The van der Waals surface area contributed by atoms with Crippen LogP contribution in [0.25, 0.3) is 11.0 Å². The highest BCUT2D eigenvalue weighted by Gasteiger charge is 2.17. The Kier molecular flexibility index (Phi) is 6.09. The molecule has 0 fully saturated rings. The molecule has 0 radical (unpaired) electrons. The number of benzene rings is 3. The lowest BCUT2D eigenvalue weighted by atomic mass is 10.1. The van der Waals surface area contributed by atoms with E-state index < -0.39 is 21.7 Å². The number of carbonyl (C=O) groups is 1. The molecule has 0 aliphatic rings. The molecule has 0 aliphatic carbocycles. The van der Waals surface area contributed by atoms with Crippen LogP contribution < -0.4 is 20.4 Å². The average Bonchev–Trinajstić information content (AvgIpc) is 2.82. The van der Waals surface area contributed by atoms with E-state index in [9.17, 15) is 17.6 Å². The van der Waals surface area contributed by atoms with Crippen molar-refractivity contribution >= 4 is 32.6 Å². The van der Waals surface area contributed by atoms with Crippen LogP contribution in [-0.2, 0) is 10.0 Å². The maximum absolute atomic E-state index is 13.5. The van der Waals surface area contributed by atoms with Gasteiger partial charge in [-0.15, -0.1) is 5.10 Å². The van der Waals surface area contributed by atoms with Crippen LogP contribution in [0.2, 0.25) is 0 Å². The van der Waals surface area contributed by atoms with Crippen molar-refractivity contribution in [2.75, 3.05) is 12.4 Å². The van der Waals surface area contributed by atoms with Gasteiger partial charge in [0.15, 0.2) is 11.3 Å². The number of ether oxygens (including phenoxy) is 1. The van der Waals surface area contributed by atoms with Crippen molar-refractivity contribution in [2.24, 2.45) is 5.10 Å². The summed E-state index contributed by atoms with van der Waals surface area (Å²) in [5, 5.41) is 6.94. The minimum atomic E-state index is -4.02. The average molecular weight is 467 g/mol. The quantitative estimate of drug-likeness (QED) is 0.421. The molecule has 4 aromatic rings. The van der Waals surface area contributed by atoms with Crippen LogP contribution in [-0.4, -0.2) is 21.4 Å². The van der Waals surface area contributed by atoms with Crippen LogP contribution >= 0.6 is 0 Å². The van der Waals surface area contributed by atoms with E-state index in [0.29, 0.717) is 11.1 Å². The molecule has 0 atom stereocenters. The number of sulfonamides is 1. The van der Waals surface area contributed by atoms with Gasteiger partial charge < -0.3 is 14.5 Å². The van der Waals surface area contributed by atoms with Crippen LogP contribution in [0, 0.1) is 5.82 Å². The van der Waals surface area contributed by atoms with Gasteiger partial charge in [0.1, 0.15) is 11.4 Å². The Bertz CT molecular complexity index is 1500. The van der Waals surface area contributed by atoms with Crippen molar-refractivity contribution in [1.29, 1.82) is 0 Å². The van der Waals surface area contributed by atoms with Crippen molar-refractivity contribution in [1.82, 2.24) is 4.83 Å². The standard InChI is InChI=1S/C23H18FN3O5S/c1-31-20-12-5-7-15-13-19(22(28)25-17-9-6-8-16(24)14-17)23(32-21(15)20)26-27-33(29,30)18-10-3-2-4-11-18/h2-14,27H,1H3,(H,25,28). The Morgan fingerprint density at radius 3 is 2.48 bits per heavy atom. The maximum atomic E-state index is 13.5. The second kappa shape index (κ2) is 9.13. The van der Waals surface area contributed by atoms with Gasteiger partial charge in [-0.2, -0.15) is 13.2 Å². The Balaban J connectivity index is 1.82. The Morgan fingerprint density at radius 1 is 1.00 bits per heavy atom. The first-order valence-electron chi connectivity index (χ1n) is 9.66. The van der Waals surface area contributed by atoms with Crippen molar-refractivity contribution in [3.63, 3.8) is 0 Å². The number of para-hydroxylation sites is 1. The van der Waals surface area contributed by atoms with E-state index >= 15 is 0 Å². The van der Waals surface area contributed by atoms with Crippen molar-refractivity contribution in [2.45, 2.75) is 4.90 Å². The number of rotatable bonds is 6. The number of fused-ring (bicyclic) bond motifs is 1. The third-order valence-electron chi connectivity index (χ3n) is 4.61. The number of methoxy groups -OCH3 is 1. The van der Waals surface area contributed by atoms with Gasteiger partial charge >= 0.3 is 0 Å². The van der Waals surface area contributed by atoms with Crippen LogP contribution in [0.1, 0.15) is 10.4 Å². The number of hydrogen-bond donors (Lipinski definition) is 2. The van der Waals surface area contributed by atoms with Gasteiger partial charge in [-0.1, -0.05) is 36.4 Å². The predicted octanol–water partition coefficient (Wildman–Crippen LogP) is 3.63. The van der Waals surface area contributed by atoms with E-state index in [1.165, 1.54) is 43.5 Å². The zero-order chi connectivity index (χ0) is 23.4. The minimum absolute atomic E-state index is 0.0158. The SMILES string of the molecule is COc1cccc2cc(C(=O)Nc3cccc(F)c3)c(=NNS(=O)(=O)c3ccccc3)oc12. The molecule has 0 saturated carbocycles. The third-order valence-corrected chi connectivity index (χ3v) is 5.83. The molecule has 10 heteroatoms. The summed E-state index contributed by atoms with van der Waals surface area (Å²) in [5.41, 5.74) is 0.0951. The molecular weight excluding hydrogens is 449 g/mol. The molecule has 0 aliphatic heterocycles. The maximum Gasteiger partial charge on any atom is 0.276 e. The highest BCUT2D eigenvalue weighted by Crippen LogP contribution is 2.25. The third kappa shape index (κ3) is 4.85. The fourth-order valence-electron chi connectivity index (χ4n) is 3.05. The van der Waals surface area contributed by atoms with E-state index in [0.717, 1.165) is 6.07 Å². The molecule has 1 amide bonds. The first-order valence-corrected chi connectivity index (χ1v) is 11.1. The van der Waals surface area contributed by atoms with Crippen LogP contribution in [0.15, 0.2) is 93.3 Å². The molecule has 8 nitrogen and oxygen atoms in total. The van der Waals surface area contributed by atoms with Crippen molar-refractivity contribution in [3.05, 3.63) is 95.8 Å². The number of halogens is 1. The molecule has 0 unspecified atom stereocenters. The fourth-order valence-corrected chi connectivity index (χ4v) is 3.87. The highest BCUT2D eigenvalue weighted by atomic mass is 32.2. The van der Waals surface area contributed by atoms with E-state index in [1.807, 2.05) is 0 Å². The van der Waals surface area contributed by atoms with Crippen LogP contribution in [0.4, 0.5) is 10.1 Å². The first-order chi connectivity index (χ1) is 15.9. The number of hydrogen-bond acceptors (Lipinski definition) is 6. The molecule has 4 rings (SSSR count). The Labute approximate surface area is 188 Å². The molecule has 1 heterocycles. The molecule has 1 aromatic heterocycles. The summed E-state index contributed by atoms with van der Waals surface area (Å²) in [6.07, 6.45) is 0. The Hall–Kier alpha value is -4.18. The number of nitrogens with one attached hydrogen (secondary N) is 2. The summed E-state index contributed by atoms with van der Waals surface area (Å²) in [7, 11) is -2.58. The molecule has 33 heavy (non-hydrogen) atoms. The summed E-state index contributed by atoms with van der Waals surface area (Å²) in [6, 6.07) is 19.5. The number of nitrogens with zero attached hydrogens (tertiary/aromatic N) is 1. The summed E-state index contributed by atoms with van der Waals surface area (Å²) in [5.74, 6) is -0.833. The fraction of sp³-hybridized carbons (Fsp3) is 0.0435. The topological polar surface area (TPSA) is 110 Å². The zero-order valence-corrected chi connectivity index (χ0v) is 18.1. The smallest absolute Gasteiger partial charge is 0.276 e. The number of carbonyl (C=O) groups excluding carboxylic acids is 1. The molecule has 0 spiro atoms. The van der Waals surface area contributed by atoms with E-state index in [2.05, 4.69) is 15.2 Å². The first kappa shape index (κ1) is 22.0. The van der Waals surface area contributed by atoms with Crippen molar-refractivity contribution < 1.29 is 26.8 Å². The number of amides is 1. The molecule has 0 bridgehead atoms. The van der Waals surface area contributed by atoms with Gasteiger partial charge in [-0.3, -0.25) is 4.79 Å². The van der Waals surface area contributed by atoms with Gasteiger partial charge in [0, 0.05) is 11.1 Å². The predicted molar refractivity (Wildman–Crippen MR) is 119 cm³/mol. The van der Waals surface area contributed by atoms with Gasteiger partial charge in [0.05, 0.1) is 12.0 Å². The monoisotopic (exact) mass is 467 g/mol. The lowest BCUT2D eigenvalue weighted by molar-refractivity contribution is 0.102. The van der Waals surface area contributed by atoms with E-state index in [1.54, 1.807) is 36.4 Å². The molecule has 0 saturated heterocycles. The second-order valence-corrected chi connectivity index (χ2v) is 8.49. The van der Waals surface area contributed by atoms with Gasteiger partial charge in [-0.25, -0.2) is 4.39 Å². The number of anilines is 1. The summed E-state index contributed by atoms with van der Waals surface area (Å²) < 4.78 is 49.8. The lowest BCUT2D eigenvalue weighted by Crippen LogP contribution is -2.27. The summed E-state index contributed by atoms with van der Waals surface area (Å²) >= 11 is 0. The second-order valence-electron chi connectivity index (χ2n) is 6.83. The van der Waals surface area contributed by atoms with Crippen molar-refractivity contribution in [3.8, 4) is 5.75 Å². The van der Waals surface area contributed by atoms with E-state index in [-0.39, 0.29) is 27.3 Å². The van der Waals surface area contributed by atoms with Gasteiger partial charge in [-0.05, 0) is 42.5 Å². The largest absolute Gasteiger partial charge is 0.493 e. The van der Waals surface area contributed by atoms with Gasteiger partial charge in [0.25, 0.3) is 15.9 Å². The molecule has 2 N–H and O–H groups in total. The molecular formula is C23H18FN3O5S. The normalized spacial score (nSPS) is 11.9. The minimum Gasteiger partial charge on any atom is -0.493 e. The van der Waals surface area contributed by atoms with E-state index in [4.69, 9.17) is 9.15 Å². The summed E-state index contributed by atoms with van der Waals surface area (Å²) in [6.45, 7) is 0. The lowest BCUT2D eigenvalue weighted by Gasteiger charge is -2.09. The zero-order valence-electron chi connectivity index (χ0n) is 17.3. The molecule has 3 aromatic carbocycles.